The molecule has 2 heterocycles. The maximum Gasteiger partial charge on any atom is 0.411 e. The third kappa shape index (κ3) is 6.45. The predicted molar refractivity (Wildman–Crippen MR) is 160 cm³/mol. The van der Waals surface area contributed by atoms with Crippen LogP contribution >= 0.6 is 11.6 Å². The first kappa shape index (κ1) is 31.1. The van der Waals surface area contributed by atoms with Gasteiger partial charge in [0.05, 0.1) is 36.6 Å². The van der Waals surface area contributed by atoms with Gasteiger partial charge in [0, 0.05) is 28.6 Å². The highest BCUT2D eigenvalue weighted by Crippen LogP contribution is 2.57. The number of Topliss-reactive ketones (excluding diaryl/α,β-unsaturated/α-hetero) is 1. The van der Waals surface area contributed by atoms with Gasteiger partial charge >= 0.3 is 6.09 Å². The van der Waals surface area contributed by atoms with E-state index in [1.165, 1.54) is 18.2 Å². The van der Waals surface area contributed by atoms with E-state index >= 15 is 0 Å². The molecule has 1 N–H and O–H groups in total. The van der Waals surface area contributed by atoms with Crippen molar-refractivity contribution in [3.63, 3.8) is 0 Å². The Balaban J connectivity index is 1.39. The first-order valence-electron chi connectivity index (χ1n) is 14.2. The van der Waals surface area contributed by atoms with Crippen molar-refractivity contribution in [1.29, 1.82) is 0 Å². The van der Waals surface area contributed by atoms with E-state index in [1.54, 1.807) is 45.0 Å². The molecule has 0 bridgehead atoms. The molecule has 1 saturated heterocycles. The summed E-state index contributed by atoms with van der Waals surface area (Å²) in [5.74, 6) is -0.680. The Hall–Kier alpha value is -3.38. The van der Waals surface area contributed by atoms with Gasteiger partial charge in [-0.25, -0.2) is 18.2 Å². The van der Waals surface area contributed by atoms with Crippen molar-refractivity contribution in [2.24, 2.45) is 11.3 Å². The minimum atomic E-state index is -3.80. The summed E-state index contributed by atoms with van der Waals surface area (Å²) in [4.78, 5) is 46.1. The summed E-state index contributed by atoms with van der Waals surface area (Å²) < 4.78 is 44.5. The summed E-state index contributed by atoms with van der Waals surface area (Å²) >= 11 is 6.26. The number of ether oxygens (including phenoxy) is 3. The van der Waals surface area contributed by atoms with E-state index in [-0.39, 0.29) is 37.6 Å². The second-order valence-corrected chi connectivity index (χ2v) is 14.9. The molecule has 0 unspecified atom stereocenters. The summed E-state index contributed by atoms with van der Waals surface area (Å²) in [5, 5.41) is 1.21. The molecule has 5 rings (SSSR count). The Kier molecular flexibility index (Phi) is 8.14. The Morgan fingerprint density at radius 1 is 1.23 bits per heavy atom. The van der Waals surface area contributed by atoms with Gasteiger partial charge in [-0.2, -0.15) is 0 Å². The standard InChI is InChI=1S/C30H36ClN3O8S/c1-6-17-13-30(17,27(36)33-43(38,39)20-8-9-20)14-24(35)23-12-19(16-34(23)28(37)42-29(2,3)4)41-26-22-11-18(31)7-10-21(22)25(40-5)15-32-26/h6-7,10-11,15,17,19-20,23H,1,8-9,12-14,16H2,2-5H3,(H,33,36)/t17-,19-,23+,30-/m1/s1. The van der Waals surface area contributed by atoms with Crippen LogP contribution < -0.4 is 14.2 Å². The molecule has 2 amide bonds. The number of halogens is 1. The minimum absolute atomic E-state index is 0.0290. The molecule has 2 aromatic rings. The van der Waals surface area contributed by atoms with Crippen LogP contribution in [0.25, 0.3) is 10.8 Å². The number of nitrogens with one attached hydrogen (secondary N) is 1. The number of carbonyl (C=O) groups is 3. The normalized spacial score (nSPS) is 25.2. The van der Waals surface area contributed by atoms with E-state index in [0.29, 0.717) is 29.0 Å². The molecule has 1 aliphatic heterocycles. The monoisotopic (exact) mass is 633 g/mol. The van der Waals surface area contributed by atoms with Crippen LogP contribution in [0.5, 0.6) is 11.6 Å². The Labute approximate surface area is 255 Å². The summed E-state index contributed by atoms with van der Waals surface area (Å²) in [6.45, 7) is 8.96. The number of sulfonamides is 1. The van der Waals surface area contributed by atoms with Gasteiger partial charge in [-0.15, -0.1) is 6.58 Å². The zero-order valence-corrected chi connectivity index (χ0v) is 26.2. The van der Waals surface area contributed by atoms with Crippen LogP contribution in [0.15, 0.2) is 37.1 Å². The lowest BCUT2D eigenvalue weighted by atomic mass is 9.91. The molecule has 232 valence electrons. The zero-order valence-electron chi connectivity index (χ0n) is 24.6. The molecule has 2 aliphatic carbocycles. The van der Waals surface area contributed by atoms with Crippen molar-refractivity contribution in [2.45, 2.75) is 75.9 Å². The molecule has 43 heavy (non-hydrogen) atoms. The van der Waals surface area contributed by atoms with Crippen molar-refractivity contribution < 1.29 is 37.0 Å². The third-order valence-electron chi connectivity index (χ3n) is 8.10. The third-order valence-corrected chi connectivity index (χ3v) is 10.1. The SMILES string of the molecule is C=C[C@@H]1C[C@]1(CC(=O)[C@@H]1C[C@@H](Oc2ncc(OC)c3ccc(Cl)cc23)CN1C(=O)OC(C)(C)C)C(=O)NS(=O)(=O)C1CC1. The number of methoxy groups -OCH3 is 1. The number of carbonyl (C=O) groups excluding carboxylic acids is 3. The van der Waals surface area contributed by atoms with Crippen LogP contribution in [0, 0.1) is 11.3 Å². The van der Waals surface area contributed by atoms with Gasteiger partial charge in [0.2, 0.25) is 21.8 Å². The Morgan fingerprint density at radius 2 is 1.95 bits per heavy atom. The van der Waals surface area contributed by atoms with Gasteiger partial charge in [-0.3, -0.25) is 19.2 Å². The quantitative estimate of drug-likeness (QED) is 0.377. The molecule has 4 atom stereocenters. The predicted octanol–water partition coefficient (Wildman–Crippen LogP) is 4.41. The van der Waals surface area contributed by atoms with Crippen LogP contribution in [-0.4, -0.2) is 72.7 Å². The Bertz CT molecular complexity index is 1590. The van der Waals surface area contributed by atoms with E-state index in [9.17, 15) is 22.8 Å². The minimum Gasteiger partial charge on any atom is -0.494 e. The smallest absolute Gasteiger partial charge is 0.411 e. The first-order chi connectivity index (χ1) is 20.2. The molecule has 3 fully saturated rings. The number of allylic oxidation sites excluding steroid dienone is 1. The van der Waals surface area contributed by atoms with Gasteiger partial charge in [-0.05, 0) is 64.2 Å². The molecule has 11 nitrogen and oxygen atoms in total. The van der Waals surface area contributed by atoms with Crippen LogP contribution in [0.3, 0.4) is 0 Å². The molecule has 3 aliphatic rings. The van der Waals surface area contributed by atoms with Gasteiger partial charge in [-0.1, -0.05) is 17.7 Å². The van der Waals surface area contributed by atoms with Crippen molar-refractivity contribution in [1.82, 2.24) is 14.6 Å². The first-order valence-corrected chi connectivity index (χ1v) is 16.1. The van der Waals surface area contributed by atoms with Gasteiger partial charge in [0.15, 0.2) is 5.78 Å². The fourth-order valence-corrected chi connectivity index (χ4v) is 7.15. The average Bonchev–Trinajstić information content (AvgIpc) is 3.85. The number of likely N-dealkylation sites (tertiary alicyclic amines) is 1. The highest BCUT2D eigenvalue weighted by atomic mass is 35.5. The van der Waals surface area contributed by atoms with Crippen molar-refractivity contribution in [3.8, 4) is 11.6 Å². The van der Waals surface area contributed by atoms with Crippen LogP contribution in [0.1, 0.15) is 52.9 Å². The van der Waals surface area contributed by atoms with Crippen LogP contribution in [-0.2, 0) is 24.3 Å². The number of aromatic nitrogens is 1. The summed E-state index contributed by atoms with van der Waals surface area (Å²) in [5.41, 5.74) is -2.07. The number of benzene rings is 1. The fraction of sp³-hybridized carbons (Fsp3) is 0.533. The molecule has 0 radical (unpaired) electrons. The number of fused-ring (bicyclic) bond motifs is 1. The largest absolute Gasteiger partial charge is 0.494 e. The van der Waals surface area contributed by atoms with Crippen LogP contribution in [0.4, 0.5) is 4.79 Å². The molecule has 1 aromatic heterocycles. The second kappa shape index (κ2) is 11.3. The van der Waals surface area contributed by atoms with E-state index in [1.807, 2.05) is 0 Å². The fourth-order valence-electron chi connectivity index (χ4n) is 5.60. The van der Waals surface area contributed by atoms with Crippen LogP contribution in [0.2, 0.25) is 5.02 Å². The Morgan fingerprint density at radius 3 is 2.56 bits per heavy atom. The van der Waals surface area contributed by atoms with Crippen molar-refractivity contribution >= 4 is 50.2 Å². The maximum absolute atomic E-state index is 13.9. The van der Waals surface area contributed by atoms with E-state index in [4.69, 9.17) is 25.8 Å². The zero-order chi connectivity index (χ0) is 31.3. The highest BCUT2D eigenvalue weighted by molar-refractivity contribution is 7.90. The van der Waals surface area contributed by atoms with Gasteiger partial charge < -0.3 is 14.2 Å². The average molecular weight is 634 g/mol. The lowest BCUT2D eigenvalue weighted by Crippen LogP contribution is -2.46. The summed E-state index contributed by atoms with van der Waals surface area (Å²) in [7, 11) is -2.27. The molecule has 1 aromatic carbocycles. The van der Waals surface area contributed by atoms with E-state index in [0.717, 1.165) is 5.39 Å². The second-order valence-electron chi connectivity index (χ2n) is 12.5. The number of hydrogen-bond acceptors (Lipinski definition) is 9. The number of hydrogen-bond donors (Lipinski definition) is 1. The van der Waals surface area contributed by atoms with Crippen molar-refractivity contribution in [3.05, 3.63) is 42.1 Å². The van der Waals surface area contributed by atoms with Crippen molar-refractivity contribution in [2.75, 3.05) is 13.7 Å². The number of nitrogens with zero attached hydrogens (tertiary/aromatic N) is 2. The number of ketones is 1. The molecule has 0 spiro atoms. The molecule has 2 saturated carbocycles. The van der Waals surface area contributed by atoms with Gasteiger partial charge in [0.1, 0.15) is 17.5 Å². The van der Waals surface area contributed by atoms with E-state index < -0.39 is 56.2 Å². The highest BCUT2D eigenvalue weighted by Gasteiger charge is 2.61. The van der Waals surface area contributed by atoms with Gasteiger partial charge in [0.25, 0.3) is 0 Å². The molecular weight excluding hydrogens is 598 g/mol. The topological polar surface area (TPSA) is 141 Å². The van der Waals surface area contributed by atoms with E-state index in [2.05, 4.69) is 16.3 Å². The summed E-state index contributed by atoms with van der Waals surface area (Å²) in [6, 6.07) is 4.24. The maximum atomic E-state index is 13.9. The molecular formula is C30H36ClN3O8S. The number of rotatable bonds is 10. The lowest BCUT2D eigenvalue weighted by molar-refractivity contribution is -0.131. The number of amides is 2. The lowest BCUT2D eigenvalue weighted by Gasteiger charge is -2.28. The summed E-state index contributed by atoms with van der Waals surface area (Å²) in [6.07, 6.45) is 2.89. The number of pyridine rings is 1. The molecule has 13 heteroatoms.